The average molecular weight is 271 g/mol. The van der Waals surface area contributed by atoms with E-state index in [0.717, 1.165) is 29.9 Å². The number of hydrogen-bond donors (Lipinski definition) is 1. The topological polar surface area (TPSA) is 21.3 Å². The fourth-order valence-electron chi connectivity index (χ4n) is 4.97. The highest BCUT2D eigenvalue weighted by Gasteiger charge is 2.43. The summed E-state index contributed by atoms with van der Waals surface area (Å²) in [6.07, 6.45) is 7.26. The van der Waals surface area contributed by atoms with Crippen LogP contribution in [0.4, 0.5) is 0 Å². The maximum absolute atomic E-state index is 5.83. The van der Waals surface area contributed by atoms with Crippen molar-refractivity contribution in [1.29, 1.82) is 0 Å². The van der Waals surface area contributed by atoms with Crippen molar-refractivity contribution in [2.45, 2.75) is 51.2 Å². The van der Waals surface area contributed by atoms with Gasteiger partial charge >= 0.3 is 0 Å². The van der Waals surface area contributed by atoms with Gasteiger partial charge in [0.2, 0.25) is 0 Å². The number of benzene rings is 1. The van der Waals surface area contributed by atoms with Crippen LogP contribution in [0.1, 0.15) is 49.8 Å². The maximum Gasteiger partial charge on any atom is 0.123 e. The molecule has 0 radical (unpaired) electrons. The number of hydrogen-bond acceptors (Lipinski definition) is 2. The number of ether oxygens (including phenoxy) is 1. The lowest BCUT2D eigenvalue weighted by atomic mass is 9.80. The van der Waals surface area contributed by atoms with E-state index >= 15 is 0 Å². The van der Waals surface area contributed by atoms with Gasteiger partial charge in [0.15, 0.2) is 0 Å². The summed E-state index contributed by atoms with van der Waals surface area (Å²) in [7, 11) is 2.13. The third-order valence-corrected chi connectivity index (χ3v) is 5.81. The van der Waals surface area contributed by atoms with Crippen molar-refractivity contribution >= 4 is 0 Å². The zero-order chi connectivity index (χ0) is 13.7. The molecule has 20 heavy (non-hydrogen) atoms. The Labute approximate surface area is 121 Å². The lowest BCUT2D eigenvalue weighted by Gasteiger charge is -2.31. The van der Waals surface area contributed by atoms with Crippen molar-refractivity contribution in [3.05, 3.63) is 29.3 Å². The van der Waals surface area contributed by atoms with E-state index in [0.29, 0.717) is 12.1 Å². The molecular formula is C18H25NO. The standard InChI is InChI=1S/C18H25NO/c1-11-7-15-10-14(5-6-17(15)20-11)18(19-2)16-9-12-3-4-13(16)8-12/h5-6,10-13,16,18-19H,3-4,7-9H2,1-2H3. The van der Waals surface area contributed by atoms with Crippen LogP contribution in [-0.2, 0) is 6.42 Å². The summed E-state index contributed by atoms with van der Waals surface area (Å²) in [5.41, 5.74) is 2.87. The van der Waals surface area contributed by atoms with Crippen molar-refractivity contribution in [2.24, 2.45) is 17.8 Å². The van der Waals surface area contributed by atoms with Gasteiger partial charge in [-0.25, -0.2) is 0 Å². The molecule has 2 heteroatoms. The van der Waals surface area contributed by atoms with Gasteiger partial charge in [0.05, 0.1) is 0 Å². The minimum Gasteiger partial charge on any atom is -0.490 e. The molecule has 1 N–H and O–H groups in total. The van der Waals surface area contributed by atoms with Crippen LogP contribution in [0.25, 0.3) is 0 Å². The summed E-state index contributed by atoms with van der Waals surface area (Å²) in [5, 5.41) is 3.61. The van der Waals surface area contributed by atoms with E-state index < -0.39 is 0 Å². The molecule has 0 aromatic heterocycles. The molecule has 1 aliphatic heterocycles. The summed E-state index contributed by atoms with van der Waals surface area (Å²) in [4.78, 5) is 0. The molecule has 3 aliphatic rings. The lowest BCUT2D eigenvalue weighted by molar-refractivity contribution is 0.254. The molecule has 0 saturated heterocycles. The van der Waals surface area contributed by atoms with Crippen LogP contribution in [0, 0.1) is 17.8 Å². The van der Waals surface area contributed by atoms with Crippen molar-refractivity contribution in [3.8, 4) is 5.75 Å². The first kappa shape index (κ1) is 12.7. The fourth-order valence-corrected chi connectivity index (χ4v) is 4.97. The van der Waals surface area contributed by atoms with Gasteiger partial charge < -0.3 is 10.1 Å². The van der Waals surface area contributed by atoms with Gasteiger partial charge in [0.1, 0.15) is 11.9 Å². The molecule has 4 rings (SSSR count). The molecule has 2 bridgehead atoms. The Bertz CT molecular complexity index is 512. The van der Waals surface area contributed by atoms with Crippen LogP contribution in [0.3, 0.4) is 0 Å². The Balaban J connectivity index is 1.61. The third kappa shape index (κ3) is 1.96. The van der Waals surface area contributed by atoms with Gasteiger partial charge in [0, 0.05) is 12.5 Å². The minimum absolute atomic E-state index is 0.343. The summed E-state index contributed by atoms with van der Waals surface area (Å²) in [6.45, 7) is 2.16. The van der Waals surface area contributed by atoms with Crippen molar-refractivity contribution < 1.29 is 4.74 Å². The van der Waals surface area contributed by atoms with Crippen LogP contribution in [0.5, 0.6) is 5.75 Å². The molecule has 2 nitrogen and oxygen atoms in total. The Morgan fingerprint density at radius 3 is 2.85 bits per heavy atom. The van der Waals surface area contributed by atoms with E-state index in [2.05, 4.69) is 37.5 Å². The monoisotopic (exact) mass is 271 g/mol. The SMILES string of the molecule is CNC(c1ccc2c(c1)CC(C)O2)C1CC2CCC1C2. The van der Waals surface area contributed by atoms with Crippen LogP contribution in [-0.4, -0.2) is 13.2 Å². The molecule has 5 unspecified atom stereocenters. The molecule has 1 aromatic rings. The van der Waals surface area contributed by atoms with Gasteiger partial charge in [-0.15, -0.1) is 0 Å². The van der Waals surface area contributed by atoms with E-state index in [4.69, 9.17) is 4.74 Å². The van der Waals surface area contributed by atoms with Gasteiger partial charge in [0.25, 0.3) is 0 Å². The first-order chi connectivity index (χ1) is 9.74. The second-order valence-corrected chi connectivity index (χ2v) is 7.10. The predicted octanol–water partition coefficient (Wildman–Crippen LogP) is 3.71. The van der Waals surface area contributed by atoms with Crippen LogP contribution < -0.4 is 10.1 Å². The van der Waals surface area contributed by atoms with Gasteiger partial charge in [-0.3, -0.25) is 0 Å². The highest BCUT2D eigenvalue weighted by atomic mass is 16.5. The summed E-state index contributed by atoms with van der Waals surface area (Å²) in [6, 6.07) is 7.40. The Morgan fingerprint density at radius 1 is 1.25 bits per heavy atom. The van der Waals surface area contributed by atoms with Crippen LogP contribution in [0.2, 0.25) is 0 Å². The fraction of sp³-hybridized carbons (Fsp3) is 0.667. The number of nitrogens with one attached hydrogen (secondary N) is 1. The summed E-state index contributed by atoms with van der Waals surface area (Å²) >= 11 is 0. The van der Waals surface area contributed by atoms with Crippen LogP contribution in [0.15, 0.2) is 18.2 Å². The Hall–Kier alpha value is -1.02. The maximum atomic E-state index is 5.83. The second kappa shape index (κ2) is 4.77. The summed E-state index contributed by atoms with van der Waals surface area (Å²) in [5.74, 6) is 3.92. The van der Waals surface area contributed by atoms with E-state index in [9.17, 15) is 0 Å². The first-order valence-electron chi connectivity index (χ1n) is 8.21. The van der Waals surface area contributed by atoms with E-state index in [-0.39, 0.29) is 0 Å². The second-order valence-electron chi connectivity index (χ2n) is 7.10. The molecule has 2 aliphatic carbocycles. The molecular weight excluding hydrogens is 246 g/mol. The number of fused-ring (bicyclic) bond motifs is 3. The highest BCUT2D eigenvalue weighted by Crippen LogP contribution is 2.52. The smallest absolute Gasteiger partial charge is 0.123 e. The van der Waals surface area contributed by atoms with E-state index in [1.807, 2.05) is 0 Å². The molecule has 108 valence electrons. The van der Waals surface area contributed by atoms with E-state index in [1.165, 1.54) is 36.8 Å². The largest absolute Gasteiger partial charge is 0.490 e. The van der Waals surface area contributed by atoms with E-state index in [1.54, 1.807) is 0 Å². The quantitative estimate of drug-likeness (QED) is 0.905. The predicted molar refractivity (Wildman–Crippen MR) is 81.0 cm³/mol. The third-order valence-electron chi connectivity index (χ3n) is 5.81. The molecule has 1 heterocycles. The normalized spacial score (nSPS) is 35.9. The lowest BCUT2D eigenvalue weighted by Crippen LogP contribution is -2.29. The number of rotatable bonds is 3. The van der Waals surface area contributed by atoms with Crippen molar-refractivity contribution in [3.63, 3.8) is 0 Å². The van der Waals surface area contributed by atoms with Gasteiger partial charge in [-0.05, 0) is 68.2 Å². The Morgan fingerprint density at radius 2 is 2.15 bits per heavy atom. The molecule has 2 fully saturated rings. The highest BCUT2D eigenvalue weighted by molar-refractivity contribution is 5.41. The zero-order valence-corrected chi connectivity index (χ0v) is 12.6. The molecule has 5 atom stereocenters. The van der Waals surface area contributed by atoms with Crippen LogP contribution >= 0.6 is 0 Å². The van der Waals surface area contributed by atoms with Gasteiger partial charge in [-0.1, -0.05) is 18.6 Å². The molecule has 2 saturated carbocycles. The summed E-state index contributed by atoms with van der Waals surface area (Å²) < 4.78 is 5.83. The first-order valence-corrected chi connectivity index (χ1v) is 8.21. The van der Waals surface area contributed by atoms with Crippen molar-refractivity contribution in [2.75, 3.05) is 7.05 Å². The molecule has 1 aromatic carbocycles. The average Bonchev–Trinajstić information content (AvgIpc) is 3.12. The molecule has 0 spiro atoms. The van der Waals surface area contributed by atoms with Crippen molar-refractivity contribution in [1.82, 2.24) is 5.32 Å². The zero-order valence-electron chi connectivity index (χ0n) is 12.6. The van der Waals surface area contributed by atoms with Gasteiger partial charge in [-0.2, -0.15) is 0 Å². The minimum atomic E-state index is 0.343. The molecule has 0 amide bonds. The Kier molecular flexibility index (Phi) is 3.03.